The van der Waals surface area contributed by atoms with Crippen LogP contribution in [0.5, 0.6) is 5.75 Å². The summed E-state index contributed by atoms with van der Waals surface area (Å²) in [7, 11) is 0. The summed E-state index contributed by atoms with van der Waals surface area (Å²) in [5.74, 6) is -0.0662. The number of anilines is 2. The molecule has 2 unspecified atom stereocenters. The molecule has 0 aliphatic carbocycles. The summed E-state index contributed by atoms with van der Waals surface area (Å²) in [6, 6.07) is 10.4. The first-order valence-electron chi connectivity index (χ1n) is 9.51. The molecule has 1 aliphatic heterocycles. The Bertz CT molecular complexity index is 846. The summed E-state index contributed by atoms with van der Waals surface area (Å²) >= 11 is 0. The number of nitrogens with zero attached hydrogens (tertiary/aromatic N) is 1. The van der Waals surface area contributed by atoms with E-state index >= 15 is 0 Å². The van der Waals surface area contributed by atoms with Gasteiger partial charge in [-0.1, -0.05) is 6.07 Å². The van der Waals surface area contributed by atoms with Gasteiger partial charge in [0, 0.05) is 18.8 Å². The first-order valence-corrected chi connectivity index (χ1v) is 9.51. The zero-order valence-corrected chi connectivity index (χ0v) is 16.8. The van der Waals surface area contributed by atoms with Crippen molar-refractivity contribution in [3.63, 3.8) is 0 Å². The van der Waals surface area contributed by atoms with Crippen LogP contribution >= 0.6 is 0 Å². The second kappa shape index (κ2) is 8.61. The molecule has 1 aliphatic rings. The average Bonchev–Trinajstić information content (AvgIpc) is 2.62. The van der Waals surface area contributed by atoms with Crippen LogP contribution in [-0.4, -0.2) is 37.8 Å². The quantitative estimate of drug-likeness (QED) is 0.842. The lowest BCUT2D eigenvalue weighted by Crippen LogP contribution is -2.45. The summed E-state index contributed by atoms with van der Waals surface area (Å²) in [6.45, 7) is 9.10. The molecular formula is C22H27FN2O3. The summed E-state index contributed by atoms with van der Waals surface area (Å²) in [5.41, 5.74) is 3.19. The number of benzene rings is 2. The molecule has 0 spiro atoms. The fraction of sp³-hybridized carbons (Fsp3) is 0.409. The number of ether oxygens (including phenoxy) is 2. The maximum absolute atomic E-state index is 14.6. The van der Waals surface area contributed by atoms with Gasteiger partial charge >= 0.3 is 0 Å². The molecule has 2 aromatic rings. The second-order valence-corrected chi connectivity index (χ2v) is 7.41. The van der Waals surface area contributed by atoms with Crippen molar-refractivity contribution in [2.75, 3.05) is 29.9 Å². The average molecular weight is 386 g/mol. The molecule has 2 aromatic carbocycles. The van der Waals surface area contributed by atoms with Crippen molar-refractivity contribution in [2.45, 2.75) is 39.9 Å². The number of carbonyl (C=O) groups excluding carboxylic acids is 1. The van der Waals surface area contributed by atoms with E-state index in [4.69, 9.17) is 9.47 Å². The fourth-order valence-corrected chi connectivity index (χ4v) is 3.37. The third-order valence-electron chi connectivity index (χ3n) is 4.84. The molecule has 0 bridgehead atoms. The van der Waals surface area contributed by atoms with E-state index in [-0.39, 0.29) is 30.5 Å². The minimum Gasteiger partial charge on any atom is -0.484 e. The van der Waals surface area contributed by atoms with Crippen LogP contribution in [0.2, 0.25) is 0 Å². The standard InChI is InChI=1S/C22H27FN2O3/c1-14-5-7-19(9-15(14)2)27-13-22(26)24-18-6-8-21(20(23)10-18)25-11-16(3)28-17(4)12-25/h5-10,16-17H,11-13H2,1-4H3,(H,24,26). The Morgan fingerprint density at radius 2 is 1.86 bits per heavy atom. The Kier molecular flexibility index (Phi) is 6.19. The molecule has 28 heavy (non-hydrogen) atoms. The van der Waals surface area contributed by atoms with E-state index in [9.17, 15) is 9.18 Å². The fourth-order valence-electron chi connectivity index (χ4n) is 3.37. The number of carbonyl (C=O) groups is 1. The van der Waals surface area contributed by atoms with Crippen LogP contribution in [0.1, 0.15) is 25.0 Å². The Labute approximate surface area is 165 Å². The third-order valence-corrected chi connectivity index (χ3v) is 4.84. The molecule has 1 heterocycles. The lowest BCUT2D eigenvalue weighted by Gasteiger charge is -2.37. The smallest absolute Gasteiger partial charge is 0.262 e. The maximum atomic E-state index is 14.6. The Morgan fingerprint density at radius 3 is 2.50 bits per heavy atom. The van der Waals surface area contributed by atoms with E-state index in [2.05, 4.69) is 5.32 Å². The van der Waals surface area contributed by atoms with Crippen LogP contribution in [-0.2, 0) is 9.53 Å². The highest BCUT2D eigenvalue weighted by atomic mass is 19.1. The van der Waals surface area contributed by atoms with E-state index in [0.717, 1.165) is 11.1 Å². The summed E-state index contributed by atoms with van der Waals surface area (Å²) in [4.78, 5) is 14.1. The van der Waals surface area contributed by atoms with E-state index in [1.54, 1.807) is 12.1 Å². The first kappa shape index (κ1) is 20.1. The van der Waals surface area contributed by atoms with Crippen molar-refractivity contribution in [1.82, 2.24) is 0 Å². The Morgan fingerprint density at radius 1 is 1.14 bits per heavy atom. The van der Waals surface area contributed by atoms with Gasteiger partial charge in [0.25, 0.3) is 5.91 Å². The molecule has 0 radical (unpaired) electrons. The number of morpholine rings is 1. The maximum Gasteiger partial charge on any atom is 0.262 e. The molecule has 6 heteroatoms. The van der Waals surface area contributed by atoms with E-state index in [1.165, 1.54) is 6.07 Å². The molecule has 150 valence electrons. The number of aryl methyl sites for hydroxylation is 2. The number of hydrogen-bond donors (Lipinski definition) is 1. The van der Waals surface area contributed by atoms with E-state index in [1.807, 2.05) is 50.8 Å². The van der Waals surface area contributed by atoms with Crippen molar-refractivity contribution in [3.8, 4) is 5.75 Å². The van der Waals surface area contributed by atoms with Gasteiger partial charge in [-0.25, -0.2) is 4.39 Å². The Balaban J connectivity index is 1.59. The van der Waals surface area contributed by atoms with Crippen LogP contribution in [0.15, 0.2) is 36.4 Å². The number of nitrogens with one attached hydrogen (secondary N) is 1. The van der Waals surface area contributed by atoms with Crippen molar-refractivity contribution in [1.29, 1.82) is 0 Å². The molecule has 1 saturated heterocycles. The van der Waals surface area contributed by atoms with E-state index < -0.39 is 0 Å². The number of rotatable bonds is 5. The normalized spacial score (nSPS) is 19.4. The zero-order chi connectivity index (χ0) is 20.3. The van der Waals surface area contributed by atoms with Crippen LogP contribution in [0, 0.1) is 19.7 Å². The number of hydrogen-bond acceptors (Lipinski definition) is 4. The highest BCUT2D eigenvalue weighted by molar-refractivity contribution is 5.92. The van der Waals surface area contributed by atoms with Gasteiger partial charge in [0.05, 0.1) is 17.9 Å². The van der Waals surface area contributed by atoms with Gasteiger partial charge in [-0.05, 0) is 69.2 Å². The van der Waals surface area contributed by atoms with Gasteiger partial charge in [-0.15, -0.1) is 0 Å². The molecule has 3 rings (SSSR count). The molecule has 1 fully saturated rings. The summed E-state index contributed by atoms with van der Waals surface area (Å²) in [5, 5.41) is 2.68. The molecule has 1 amide bonds. The Hall–Kier alpha value is -2.60. The minimum atomic E-state index is -0.367. The molecule has 0 saturated carbocycles. The van der Waals surface area contributed by atoms with Gasteiger partial charge in [0.2, 0.25) is 0 Å². The minimum absolute atomic E-state index is 0.0464. The largest absolute Gasteiger partial charge is 0.484 e. The SMILES string of the molecule is Cc1ccc(OCC(=O)Nc2ccc(N3CC(C)OC(C)C3)c(F)c2)cc1C. The lowest BCUT2D eigenvalue weighted by atomic mass is 10.1. The predicted octanol–water partition coefficient (Wildman–Crippen LogP) is 4.07. The predicted molar refractivity (Wildman–Crippen MR) is 109 cm³/mol. The summed E-state index contributed by atoms with van der Waals surface area (Å²) in [6.07, 6.45) is 0.0928. The van der Waals surface area contributed by atoms with Gasteiger partial charge in [0.1, 0.15) is 11.6 Å². The van der Waals surface area contributed by atoms with Gasteiger partial charge < -0.3 is 19.7 Å². The van der Waals surface area contributed by atoms with Gasteiger partial charge in [-0.3, -0.25) is 4.79 Å². The highest BCUT2D eigenvalue weighted by Gasteiger charge is 2.24. The van der Waals surface area contributed by atoms with Crippen molar-refractivity contribution in [2.24, 2.45) is 0 Å². The van der Waals surface area contributed by atoms with Crippen LogP contribution in [0.25, 0.3) is 0 Å². The number of amides is 1. The van der Waals surface area contributed by atoms with Crippen LogP contribution in [0.4, 0.5) is 15.8 Å². The molecule has 0 aromatic heterocycles. The topological polar surface area (TPSA) is 50.8 Å². The lowest BCUT2D eigenvalue weighted by molar-refractivity contribution is -0.118. The molecule has 2 atom stereocenters. The van der Waals surface area contributed by atoms with Gasteiger partial charge in [0.15, 0.2) is 6.61 Å². The monoisotopic (exact) mass is 386 g/mol. The third kappa shape index (κ3) is 5.01. The first-order chi connectivity index (χ1) is 13.3. The number of halogens is 1. The van der Waals surface area contributed by atoms with Crippen molar-refractivity contribution >= 4 is 17.3 Å². The van der Waals surface area contributed by atoms with Crippen LogP contribution < -0.4 is 15.0 Å². The molecule has 1 N–H and O–H groups in total. The molecule has 5 nitrogen and oxygen atoms in total. The van der Waals surface area contributed by atoms with E-state index in [0.29, 0.717) is 30.2 Å². The van der Waals surface area contributed by atoms with Crippen molar-refractivity contribution in [3.05, 3.63) is 53.3 Å². The van der Waals surface area contributed by atoms with Crippen LogP contribution in [0.3, 0.4) is 0 Å². The van der Waals surface area contributed by atoms with Crippen molar-refractivity contribution < 1.29 is 18.7 Å². The molecular weight excluding hydrogens is 359 g/mol. The zero-order valence-electron chi connectivity index (χ0n) is 16.8. The summed E-state index contributed by atoms with van der Waals surface area (Å²) < 4.78 is 25.8. The second-order valence-electron chi connectivity index (χ2n) is 7.41. The van der Waals surface area contributed by atoms with Gasteiger partial charge in [-0.2, -0.15) is 0 Å². The highest BCUT2D eigenvalue weighted by Crippen LogP contribution is 2.26.